The Bertz CT molecular complexity index is 943. The van der Waals surface area contributed by atoms with Gasteiger partial charge in [0.25, 0.3) is 5.56 Å². The predicted molar refractivity (Wildman–Crippen MR) is 97.7 cm³/mol. The zero-order chi connectivity index (χ0) is 16.7. The highest BCUT2D eigenvalue weighted by Gasteiger charge is 2.23. The van der Waals surface area contributed by atoms with Gasteiger partial charge >= 0.3 is 0 Å². The molecular weight excluding hydrogens is 318 g/mol. The van der Waals surface area contributed by atoms with Gasteiger partial charge in [-0.2, -0.15) is 0 Å². The number of fused-ring (bicyclic) bond motifs is 2. The maximum Gasteiger partial charge on any atom is 0.259 e. The Balaban J connectivity index is 1.63. The summed E-state index contributed by atoms with van der Waals surface area (Å²) >= 11 is 1.53. The number of thiazole rings is 1. The van der Waals surface area contributed by atoms with E-state index >= 15 is 0 Å². The van der Waals surface area contributed by atoms with E-state index in [4.69, 9.17) is 0 Å². The molecule has 1 aromatic carbocycles. The molecule has 3 aromatic rings. The van der Waals surface area contributed by atoms with Crippen LogP contribution in [0.5, 0.6) is 0 Å². The number of benzene rings is 1. The Morgan fingerprint density at radius 2 is 2.21 bits per heavy atom. The second kappa shape index (κ2) is 6.15. The minimum atomic E-state index is 0.0196. The van der Waals surface area contributed by atoms with Crippen molar-refractivity contribution in [3.63, 3.8) is 0 Å². The molecule has 2 heterocycles. The lowest BCUT2D eigenvalue weighted by Gasteiger charge is -2.33. The SMILES string of the molecule is Cc1csc2nc(CN(C)[C@H]3CCCc4ccccc43)cc(=O)n12. The van der Waals surface area contributed by atoms with Crippen LogP contribution in [0.4, 0.5) is 0 Å². The van der Waals surface area contributed by atoms with E-state index in [0.717, 1.165) is 22.8 Å². The minimum Gasteiger partial charge on any atom is -0.294 e. The van der Waals surface area contributed by atoms with Crippen LogP contribution in [0.15, 0.2) is 40.5 Å². The molecule has 0 saturated carbocycles. The number of rotatable bonds is 3. The Hall–Kier alpha value is -1.98. The fourth-order valence-electron chi connectivity index (χ4n) is 3.73. The van der Waals surface area contributed by atoms with Gasteiger partial charge in [-0.25, -0.2) is 4.98 Å². The number of hydrogen-bond acceptors (Lipinski definition) is 4. The highest BCUT2D eigenvalue weighted by atomic mass is 32.1. The Morgan fingerprint density at radius 3 is 3.08 bits per heavy atom. The van der Waals surface area contributed by atoms with Crippen molar-refractivity contribution in [3.8, 4) is 0 Å². The van der Waals surface area contributed by atoms with Gasteiger partial charge in [-0.1, -0.05) is 24.3 Å². The summed E-state index contributed by atoms with van der Waals surface area (Å²) < 4.78 is 1.68. The minimum absolute atomic E-state index is 0.0196. The van der Waals surface area contributed by atoms with Crippen LogP contribution in [0.3, 0.4) is 0 Å². The molecular formula is C19H21N3OS. The molecule has 4 rings (SSSR count). The van der Waals surface area contributed by atoms with E-state index in [1.54, 1.807) is 10.5 Å². The van der Waals surface area contributed by atoms with Gasteiger partial charge in [0.2, 0.25) is 0 Å². The second-order valence-electron chi connectivity index (χ2n) is 6.60. The normalized spacial score (nSPS) is 17.4. The average molecular weight is 339 g/mol. The molecule has 5 heteroatoms. The van der Waals surface area contributed by atoms with Crippen LogP contribution in [0, 0.1) is 6.92 Å². The molecule has 4 nitrogen and oxygen atoms in total. The van der Waals surface area contributed by atoms with Crippen LogP contribution in [-0.2, 0) is 13.0 Å². The Morgan fingerprint density at radius 1 is 1.38 bits per heavy atom. The van der Waals surface area contributed by atoms with Crippen molar-refractivity contribution >= 4 is 16.3 Å². The van der Waals surface area contributed by atoms with Gasteiger partial charge in [0, 0.05) is 29.7 Å². The molecule has 24 heavy (non-hydrogen) atoms. The zero-order valence-electron chi connectivity index (χ0n) is 14.0. The molecule has 2 aromatic heterocycles. The number of nitrogens with zero attached hydrogens (tertiary/aromatic N) is 3. The van der Waals surface area contributed by atoms with Gasteiger partial charge in [-0.15, -0.1) is 11.3 Å². The number of hydrogen-bond donors (Lipinski definition) is 0. The van der Waals surface area contributed by atoms with Crippen molar-refractivity contribution < 1.29 is 0 Å². The first-order valence-electron chi connectivity index (χ1n) is 8.38. The summed E-state index contributed by atoms with van der Waals surface area (Å²) in [7, 11) is 2.13. The van der Waals surface area contributed by atoms with Crippen molar-refractivity contribution in [2.24, 2.45) is 0 Å². The van der Waals surface area contributed by atoms with Crippen molar-refractivity contribution in [2.45, 2.75) is 38.8 Å². The number of aromatic nitrogens is 2. The van der Waals surface area contributed by atoms with Crippen LogP contribution in [0.2, 0.25) is 0 Å². The molecule has 0 fully saturated rings. The summed E-state index contributed by atoms with van der Waals surface area (Å²) in [4.78, 5) is 20.2. The van der Waals surface area contributed by atoms with Crippen LogP contribution in [0.25, 0.3) is 4.96 Å². The van der Waals surface area contributed by atoms with Crippen molar-refractivity contribution in [1.29, 1.82) is 0 Å². The average Bonchev–Trinajstić information content (AvgIpc) is 2.95. The smallest absolute Gasteiger partial charge is 0.259 e. The first kappa shape index (κ1) is 15.5. The van der Waals surface area contributed by atoms with Gasteiger partial charge in [-0.05, 0) is 44.4 Å². The first-order valence-corrected chi connectivity index (χ1v) is 9.26. The highest BCUT2D eigenvalue weighted by Crippen LogP contribution is 2.33. The lowest BCUT2D eigenvalue weighted by molar-refractivity contribution is 0.211. The Labute approximate surface area is 145 Å². The Kier molecular flexibility index (Phi) is 3.98. The molecule has 0 saturated heterocycles. The molecule has 0 aliphatic heterocycles. The van der Waals surface area contributed by atoms with Crippen molar-refractivity contribution in [1.82, 2.24) is 14.3 Å². The van der Waals surface area contributed by atoms with Crippen LogP contribution in [0.1, 0.15) is 41.4 Å². The summed E-state index contributed by atoms with van der Waals surface area (Å²) in [6.45, 7) is 2.64. The molecule has 0 bridgehead atoms. The topological polar surface area (TPSA) is 37.6 Å². The van der Waals surface area contributed by atoms with E-state index in [-0.39, 0.29) is 5.56 Å². The monoisotopic (exact) mass is 339 g/mol. The van der Waals surface area contributed by atoms with E-state index in [1.165, 1.54) is 35.3 Å². The predicted octanol–water partition coefficient (Wildman–Crippen LogP) is 3.57. The van der Waals surface area contributed by atoms with Gasteiger partial charge in [-0.3, -0.25) is 14.1 Å². The maximum absolute atomic E-state index is 12.3. The molecule has 0 unspecified atom stereocenters. The first-order chi connectivity index (χ1) is 11.6. The molecule has 1 aliphatic carbocycles. The third-order valence-corrected chi connectivity index (χ3v) is 5.85. The van der Waals surface area contributed by atoms with E-state index in [0.29, 0.717) is 12.6 Å². The summed E-state index contributed by atoms with van der Waals surface area (Å²) in [5.74, 6) is 0. The van der Waals surface area contributed by atoms with Gasteiger partial charge < -0.3 is 0 Å². The lowest BCUT2D eigenvalue weighted by atomic mass is 9.87. The zero-order valence-corrected chi connectivity index (χ0v) is 14.8. The molecule has 124 valence electrons. The second-order valence-corrected chi connectivity index (χ2v) is 7.44. The van der Waals surface area contributed by atoms with E-state index < -0.39 is 0 Å². The van der Waals surface area contributed by atoms with Crippen LogP contribution in [-0.4, -0.2) is 21.3 Å². The van der Waals surface area contributed by atoms with Gasteiger partial charge in [0.1, 0.15) is 0 Å². The molecule has 1 atom stereocenters. The third kappa shape index (κ3) is 2.68. The standard InChI is InChI=1S/C19H21N3OS/c1-13-12-24-19-20-15(10-18(23)22(13)19)11-21(2)17-9-5-7-14-6-3-4-8-16(14)17/h3-4,6,8,10,12,17H,5,7,9,11H2,1-2H3/t17-/m0/s1. The fraction of sp³-hybridized carbons (Fsp3) is 0.368. The quantitative estimate of drug-likeness (QED) is 0.732. The molecule has 0 radical (unpaired) electrons. The third-order valence-electron chi connectivity index (χ3n) is 4.91. The summed E-state index contributed by atoms with van der Waals surface area (Å²) in [5.41, 5.74) is 4.71. The molecule has 0 spiro atoms. The number of aryl methyl sites for hydroxylation is 2. The largest absolute Gasteiger partial charge is 0.294 e. The van der Waals surface area contributed by atoms with Crippen LogP contribution < -0.4 is 5.56 Å². The summed E-state index contributed by atoms with van der Waals surface area (Å²) in [6.07, 6.45) is 3.54. The van der Waals surface area contributed by atoms with Gasteiger partial charge in [0.05, 0.1) is 5.69 Å². The molecule has 0 amide bonds. The maximum atomic E-state index is 12.3. The van der Waals surface area contributed by atoms with Gasteiger partial charge in [0.15, 0.2) is 4.96 Å². The summed E-state index contributed by atoms with van der Waals surface area (Å²) in [6, 6.07) is 10.8. The molecule has 0 N–H and O–H groups in total. The highest BCUT2D eigenvalue weighted by molar-refractivity contribution is 7.15. The van der Waals surface area contributed by atoms with Crippen LogP contribution >= 0.6 is 11.3 Å². The van der Waals surface area contributed by atoms with Crippen molar-refractivity contribution in [3.05, 3.63) is 68.6 Å². The van der Waals surface area contributed by atoms with E-state index in [1.807, 2.05) is 12.3 Å². The van der Waals surface area contributed by atoms with E-state index in [9.17, 15) is 4.79 Å². The van der Waals surface area contributed by atoms with Crippen molar-refractivity contribution in [2.75, 3.05) is 7.05 Å². The summed E-state index contributed by atoms with van der Waals surface area (Å²) in [5, 5.41) is 1.98. The lowest BCUT2D eigenvalue weighted by Crippen LogP contribution is -2.28. The van der Waals surface area contributed by atoms with E-state index in [2.05, 4.69) is 41.2 Å². The molecule has 1 aliphatic rings. The fourth-order valence-corrected chi connectivity index (χ4v) is 4.62.